The van der Waals surface area contributed by atoms with Crippen LogP contribution < -0.4 is 15.8 Å². The Morgan fingerprint density at radius 2 is 1.76 bits per heavy atom. The Morgan fingerprint density at radius 3 is 2.46 bits per heavy atom. The quantitative estimate of drug-likeness (QED) is 0.244. The second-order valence-corrected chi connectivity index (χ2v) is 10.1. The average molecular weight is 521 g/mol. The van der Waals surface area contributed by atoms with Crippen molar-refractivity contribution in [3.8, 4) is 16.9 Å². The van der Waals surface area contributed by atoms with E-state index in [1.165, 1.54) is 22.0 Å². The van der Waals surface area contributed by atoms with Crippen molar-refractivity contribution >= 4 is 28.2 Å². The standard InChI is InChI=1S/C30H34ClFN4O/c31-24-5-7-25(8-6-24)34-26-12-16-35(17-13-26)19-22-2-11-30-28(18-22)29(20-36(30)15-1-14-33)23-3-9-27(10-4-23)37-21-32/h2-11,18,20,26,34H,1,12-17,19,21,33H2. The molecule has 0 unspecified atom stereocenters. The lowest BCUT2D eigenvalue weighted by Gasteiger charge is -2.33. The summed E-state index contributed by atoms with van der Waals surface area (Å²) in [6.07, 6.45) is 5.36. The Bertz CT molecular complexity index is 1300. The number of fused-ring (bicyclic) bond motifs is 1. The zero-order chi connectivity index (χ0) is 25.6. The van der Waals surface area contributed by atoms with Crippen molar-refractivity contribution in [1.82, 2.24) is 9.47 Å². The Labute approximate surface area is 223 Å². The fourth-order valence-electron chi connectivity index (χ4n) is 5.19. The van der Waals surface area contributed by atoms with Crippen LogP contribution in [0.1, 0.15) is 24.8 Å². The molecule has 0 saturated carbocycles. The number of nitrogens with two attached hydrogens (primary N) is 1. The molecule has 2 heterocycles. The molecule has 0 radical (unpaired) electrons. The molecule has 0 bridgehead atoms. The van der Waals surface area contributed by atoms with Crippen molar-refractivity contribution in [2.45, 2.75) is 38.4 Å². The van der Waals surface area contributed by atoms with E-state index >= 15 is 0 Å². The van der Waals surface area contributed by atoms with Crippen molar-refractivity contribution in [3.05, 3.63) is 83.5 Å². The molecule has 0 atom stereocenters. The van der Waals surface area contributed by atoms with Crippen LogP contribution in [0.2, 0.25) is 5.02 Å². The number of benzene rings is 3. The number of hydrogen-bond donors (Lipinski definition) is 2. The van der Waals surface area contributed by atoms with Crippen molar-refractivity contribution in [1.29, 1.82) is 0 Å². The molecule has 37 heavy (non-hydrogen) atoms. The Kier molecular flexibility index (Phi) is 8.29. The summed E-state index contributed by atoms with van der Waals surface area (Å²) in [7, 11) is 0. The number of ether oxygens (including phenoxy) is 1. The minimum Gasteiger partial charge on any atom is -0.463 e. The number of aromatic nitrogens is 1. The van der Waals surface area contributed by atoms with Gasteiger partial charge in [0, 0.05) is 65.6 Å². The van der Waals surface area contributed by atoms with Crippen LogP contribution in [0.5, 0.6) is 5.75 Å². The molecule has 1 saturated heterocycles. The van der Waals surface area contributed by atoms with Gasteiger partial charge in [0.2, 0.25) is 6.86 Å². The van der Waals surface area contributed by atoms with Crippen LogP contribution in [-0.2, 0) is 13.1 Å². The molecular weight excluding hydrogens is 487 g/mol. The summed E-state index contributed by atoms with van der Waals surface area (Å²) in [4.78, 5) is 2.54. The summed E-state index contributed by atoms with van der Waals surface area (Å²) >= 11 is 6.01. The third kappa shape index (κ3) is 6.27. The van der Waals surface area contributed by atoms with Gasteiger partial charge in [-0.15, -0.1) is 0 Å². The number of rotatable bonds is 10. The highest BCUT2D eigenvalue weighted by Crippen LogP contribution is 2.33. The SMILES string of the molecule is NCCCn1cc(-c2ccc(OCF)cc2)c2cc(CN3CCC(Nc4ccc(Cl)cc4)CC3)ccc21. The van der Waals surface area contributed by atoms with E-state index in [1.807, 2.05) is 48.5 Å². The van der Waals surface area contributed by atoms with Crippen molar-refractivity contribution in [3.63, 3.8) is 0 Å². The molecule has 5 rings (SSSR count). The van der Waals surface area contributed by atoms with Crippen molar-refractivity contribution < 1.29 is 9.13 Å². The third-order valence-corrected chi connectivity index (χ3v) is 7.40. The van der Waals surface area contributed by atoms with Gasteiger partial charge in [0.25, 0.3) is 0 Å². The summed E-state index contributed by atoms with van der Waals surface area (Å²) in [6.45, 7) is 3.76. The molecule has 0 amide bonds. The molecule has 3 aromatic carbocycles. The first-order chi connectivity index (χ1) is 18.1. The van der Waals surface area contributed by atoms with Crippen LogP contribution in [0.3, 0.4) is 0 Å². The van der Waals surface area contributed by atoms with E-state index in [4.69, 9.17) is 22.1 Å². The highest BCUT2D eigenvalue weighted by Gasteiger charge is 2.20. The number of halogens is 2. The summed E-state index contributed by atoms with van der Waals surface area (Å²) in [5.74, 6) is 0.535. The highest BCUT2D eigenvalue weighted by molar-refractivity contribution is 6.30. The second kappa shape index (κ2) is 12.0. The first-order valence-electron chi connectivity index (χ1n) is 13.0. The van der Waals surface area contributed by atoms with E-state index < -0.39 is 6.86 Å². The lowest BCUT2D eigenvalue weighted by Crippen LogP contribution is -2.38. The maximum absolute atomic E-state index is 12.6. The van der Waals surface area contributed by atoms with Crippen molar-refractivity contribution in [2.24, 2.45) is 5.73 Å². The molecule has 0 spiro atoms. The van der Waals surface area contributed by atoms with Crippen LogP contribution in [0.4, 0.5) is 10.1 Å². The van der Waals surface area contributed by atoms with Crippen LogP contribution >= 0.6 is 11.6 Å². The van der Waals surface area contributed by atoms with E-state index in [1.54, 1.807) is 0 Å². The largest absolute Gasteiger partial charge is 0.463 e. The van der Waals surface area contributed by atoms with E-state index in [0.29, 0.717) is 18.3 Å². The van der Waals surface area contributed by atoms with Crippen LogP contribution in [0.15, 0.2) is 72.9 Å². The predicted octanol–water partition coefficient (Wildman–Crippen LogP) is 6.69. The number of hydrogen-bond acceptors (Lipinski definition) is 4. The van der Waals surface area contributed by atoms with Gasteiger partial charge >= 0.3 is 0 Å². The summed E-state index contributed by atoms with van der Waals surface area (Å²) in [6, 6.07) is 22.9. The first-order valence-corrected chi connectivity index (χ1v) is 13.4. The fourth-order valence-corrected chi connectivity index (χ4v) is 5.31. The zero-order valence-corrected chi connectivity index (χ0v) is 21.8. The smallest absolute Gasteiger partial charge is 0.228 e. The van der Waals surface area contributed by atoms with E-state index in [-0.39, 0.29) is 0 Å². The van der Waals surface area contributed by atoms with Crippen molar-refractivity contribution in [2.75, 3.05) is 31.8 Å². The number of alkyl halides is 1. The van der Waals surface area contributed by atoms with Gasteiger partial charge in [0.15, 0.2) is 0 Å². The molecule has 0 aliphatic carbocycles. The third-order valence-electron chi connectivity index (χ3n) is 7.14. The monoisotopic (exact) mass is 520 g/mol. The Balaban J connectivity index is 1.30. The van der Waals surface area contributed by atoms with E-state index in [9.17, 15) is 4.39 Å². The number of nitrogens with zero attached hydrogens (tertiary/aromatic N) is 2. The second-order valence-electron chi connectivity index (χ2n) is 9.71. The van der Waals surface area contributed by atoms with Gasteiger partial charge in [-0.3, -0.25) is 4.90 Å². The summed E-state index contributed by atoms with van der Waals surface area (Å²) < 4.78 is 19.8. The number of nitrogens with one attached hydrogen (secondary N) is 1. The summed E-state index contributed by atoms with van der Waals surface area (Å²) in [5, 5.41) is 5.64. The number of piperidine rings is 1. The number of likely N-dealkylation sites (tertiary alicyclic amines) is 1. The fraction of sp³-hybridized carbons (Fsp3) is 0.333. The summed E-state index contributed by atoms with van der Waals surface area (Å²) in [5.41, 5.74) is 11.7. The number of anilines is 1. The van der Waals surface area contributed by atoms with Crippen LogP contribution in [0, 0.1) is 0 Å². The average Bonchev–Trinajstić information content (AvgIpc) is 3.28. The maximum atomic E-state index is 12.6. The van der Waals surface area contributed by atoms with Crippen LogP contribution in [0.25, 0.3) is 22.0 Å². The molecule has 1 aliphatic rings. The molecule has 7 heteroatoms. The van der Waals surface area contributed by atoms with Gasteiger partial charge in [-0.2, -0.15) is 0 Å². The van der Waals surface area contributed by atoms with Gasteiger partial charge in [-0.05, 0) is 85.5 Å². The zero-order valence-electron chi connectivity index (χ0n) is 21.0. The number of aryl methyl sites for hydroxylation is 1. The topological polar surface area (TPSA) is 55.5 Å². The highest BCUT2D eigenvalue weighted by atomic mass is 35.5. The van der Waals surface area contributed by atoms with Gasteiger partial charge < -0.3 is 20.4 Å². The molecule has 1 fully saturated rings. The Hall–Kier alpha value is -3.06. The minimum atomic E-state index is -0.824. The van der Waals surface area contributed by atoms with Crippen LogP contribution in [-0.4, -0.2) is 42.0 Å². The first kappa shape index (κ1) is 25.6. The van der Waals surface area contributed by atoms with Gasteiger partial charge in [0.05, 0.1) is 0 Å². The molecule has 4 aromatic rings. The Morgan fingerprint density at radius 1 is 1.00 bits per heavy atom. The van der Waals surface area contributed by atoms with Gasteiger partial charge in [-0.1, -0.05) is 29.8 Å². The van der Waals surface area contributed by atoms with Gasteiger partial charge in [0.1, 0.15) is 5.75 Å². The lowest BCUT2D eigenvalue weighted by atomic mass is 10.0. The molecule has 1 aliphatic heterocycles. The predicted molar refractivity (Wildman–Crippen MR) is 151 cm³/mol. The van der Waals surface area contributed by atoms with E-state index in [2.05, 4.69) is 39.2 Å². The normalized spacial score (nSPS) is 14.8. The molecular formula is C30H34ClFN4O. The lowest BCUT2D eigenvalue weighted by molar-refractivity contribution is 0.192. The van der Waals surface area contributed by atoms with E-state index in [0.717, 1.165) is 61.7 Å². The minimum absolute atomic E-state index is 0.479. The molecule has 1 aromatic heterocycles. The van der Waals surface area contributed by atoms with Gasteiger partial charge in [-0.25, -0.2) is 4.39 Å². The molecule has 194 valence electrons. The maximum Gasteiger partial charge on any atom is 0.228 e. The molecule has 3 N–H and O–H groups in total. The molecule has 5 nitrogen and oxygen atoms in total.